The van der Waals surface area contributed by atoms with Crippen LogP contribution in [0.4, 0.5) is 0 Å². The van der Waals surface area contributed by atoms with E-state index in [-0.39, 0.29) is 23.9 Å². The van der Waals surface area contributed by atoms with Crippen LogP contribution in [0.2, 0.25) is 0 Å². The van der Waals surface area contributed by atoms with Crippen molar-refractivity contribution in [3.8, 4) is 17.2 Å². The Balaban J connectivity index is 1.74. The molecule has 2 heterocycles. The van der Waals surface area contributed by atoms with Crippen molar-refractivity contribution in [1.82, 2.24) is 0 Å². The minimum Gasteiger partial charge on any atom is -0.493 e. The van der Waals surface area contributed by atoms with E-state index in [4.69, 9.17) is 28.4 Å². The molecule has 1 aromatic rings. The van der Waals surface area contributed by atoms with Crippen LogP contribution in [0.25, 0.3) is 0 Å². The van der Waals surface area contributed by atoms with E-state index in [1.165, 1.54) is 33.3 Å². The molecule has 194 valence electrons. The molecular formula is C21H32O13. The van der Waals surface area contributed by atoms with Gasteiger partial charge in [-0.1, -0.05) is 0 Å². The van der Waals surface area contributed by atoms with Crippen molar-refractivity contribution in [2.75, 3.05) is 20.8 Å². The zero-order valence-corrected chi connectivity index (χ0v) is 18.9. The van der Waals surface area contributed by atoms with Crippen molar-refractivity contribution in [2.24, 2.45) is 0 Å². The van der Waals surface area contributed by atoms with Crippen molar-refractivity contribution in [1.29, 1.82) is 0 Å². The topological polar surface area (TPSA) is 197 Å². The van der Waals surface area contributed by atoms with Crippen molar-refractivity contribution in [3.63, 3.8) is 0 Å². The van der Waals surface area contributed by atoms with Crippen molar-refractivity contribution < 1.29 is 64.2 Å². The molecule has 0 spiro atoms. The molecule has 0 unspecified atom stereocenters. The first kappa shape index (κ1) is 26.8. The maximum absolute atomic E-state index is 10.4. The van der Waals surface area contributed by atoms with E-state index >= 15 is 0 Å². The highest BCUT2D eigenvalue weighted by Gasteiger charge is 2.47. The zero-order valence-electron chi connectivity index (χ0n) is 18.9. The summed E-state index contributed by atoms with van der Waals surface area (Å²) in [5.74, 6) is 0.340. The third-order valence-corrected chi connectivity index (χ3v) is 5.84. The summed E-state index contributed by atoms with van der Waals surface area (Å²) >= 11 is 0. The van der Waals surface area contributed by atoms with Gasteiger partial charge in [0.1, 0.15) is 42.7 Å². The van der Waals surface area contributed by atoms with Gasteiger partial charge in [0.05, 0.1) is 33.5 Å². The van der Waals surface area contributed by atoms with Gasteiger partial charge in [-0.2, -0.15) is 0 Å². The molecule has 2 fully saturated rings. The Bertz CT molecular complexity index is 782. The second-order valence-electron chi connectivity index (χ2n) is 8.13. The SMILES string of the molecule is COc1cc(CO)cc(OC)c1O[C@@H]1O[C@H](CO[C@H]2O[C@@H](C)[C@H](O)[C@@H](O)[C@H]2O)[C@@H](O)[C@H](O)[C@H]1O. The van der Waals surface area contributed by atoms with Gasteiger partial charge < -0.3 is 64.2 Å². The molecule has 0 amide bonds. The van der Waals surface area contributed by atoms with Crippen molar-refractivity contribution in [2.45, 2.75) is 74.9 Å². The van der Waals surface area contributed by atoms with Crippen LogP contribution >= 0.6 is 0 Å². The van der Waals surface area contributed by atoms with Crippen LogP contribution in [0.5, 0.6) is 17.2 Å². The van der Waals surface area contributed by atoms with Gasteiger partial charge >= 0.3 is 0 Å². The highest BCUT2D eigenvalue weighted by molar-refractivity contribution is 5.53. The first-order chi connectivity index (χ1) is 16.1. The van der Waals surface area contributed by atoms with Crippen LogP contribution in [-0.4, -0.2) is 118 Å². The maximum atomic E-state index is 10.4. The van der Waals surface area contributed by atoms with E-state index in [1.54, 1.807) is 0 Å². The number of hydrogen-bond acceptors (Lipinski definition) is 13. The third kappa shape index (κ3) is 5.39. The molecule has 1 aromatic carbocycles. The fourth-order valence-electron chi connectivity index (χ4n) is 3.75. The Hall–Kier alpha value is -1.78. The third-order valence-electron chi connectivity index (χ3n) is 5.84. The summed E-state index contributed by atoms with van der Waals surface area (Å²) in [5, 5.41) is 70.3. The summed E-state index contributed by atoms with van der Waals surface area (Å²) in [7, 11) is 2.72. The van der Waals surface area contributed by atoms with Crippen molar-refractivity contribution in [3.05, 3.63) is 17.7 Å². The van der Waals surface area contributed by atoms with Gasteiger partial charge in [-0.25, -0.2) is 0 Å². The number of aliphatic hydroxyl groups is 7. The molecule has 2 aliphatic rings. The van der Waals surface area contributed by atoms with Gasteiger partial charge in [0, 0.05) is 0 Å². The van der Waals surface area contributed by atoms with Crippen LogP contribution in [0.1, 0.15) is 12.5 Å². The molecule has 34 heavy (non-hydrogen) atoms. The molecule has 0 saturated carbocycles. The van der Waals surface area contributed by atoms with Gasteiger partial charge in [-0.05, 0) is 24.6 Å². The fraction of sp³-hybridized carbons (Fsp3) is 0.714. The lowest BCUT2D eigenvalue weighted by Gasteiger charge is -2.42. The largest absolute Gasteiger partial charge is 0.493 e. The van der Waals surface area contributed by atoms with Gasteiger partial charge in [-0.3, -0.25) is 0 Å². The molecule has 2 aliphatic heterocycles. The average molecular weight is 492 g/mol. The lowest BCUT2D eigenvalue weighted by atomic mass is 9.98. The lowest BCUT2D eigenvalue weighted by molar-refractivity contribution is -0.318. The maximum Gasteiger partial charge on any atom is 0.229 e. The summed E-state index contributed by atoms with van der Waals surface area (Å²) in [5.41, 5.74) is 0.473. The van der Waals surface area contributed by atoms with E-state index in [0.29, 0.717) is 5.56 Å². The average Bonchev–Trinajstić information content (AvgIpc) is 2.84. The second kappa shape index (κ2) is 11.3. The van der Waals surface area contributed by atoms with Crippen LogP contribution in [0.15, 0.2) is 12.1 Å². The molecule has 0 bridgehead atoms. The highest BCUT2D eigenvalue weighted by Crippen LogP contribution is 2.40. The summed E-state index contributed by atoms with van der Waals surface area (Å²) in [4.78, 5) is 0. The van der Waals surface area contributed by atoms with E-state index < -0.39 is 68.0 Å². The lowest BCUT2D eigenvalue weighted by Crippen LogP contribution is -2.61. The highest BCUT2D eigenvalue weighted by atomic mass is 16.7. The van der Waals surface area contributed by atoms with E-state index in [9.17, 15) is 35.7 Å². The molecule has 10 atom stereocenters. The number of ether oxygens (including phenoxy) is 6. The van der Waals surface area contributed by atoms with Crippen molar-refractivity contribution >= 4 is 0 Å². The smallest absolute Gasteiger partial charge is 0.229 e. The monoisotopic (exact) mass is 492 g/mol. The number of hydrogen-bond donors (Lipinski definition) is 7. The fourth-order valence-corrected chi connectivity index (χ4v) is 3.75. The number of aliphatic hydroxyl groups excluding tert-OH is 7. The molecule has 0 radical (unpaired) electrons. The summed E-state index contributed by atoms with van der Waals surface area (Å²) in [6, 6.07) is 2.98. The van der Waals surface area contributed by atoms with Gasteiger partial charge in [0.25, 0.3) is 0 Å². The Labute approximate surface area is 195 Å². The first-order valence-electron chi connectivity index (χ1n) is 10.7. The quantitative estimate of drug-likeness (QED) is 0.197. The molecule has 13 heteroatoms. The number of benzene rings is 1. The van der Waals surface area contributed by atoms with E-state index in [2.05, 4.69) is 0 Å². The summed E-state index contributed by atoms with van der Waals surface area (Å²) in [6.45, 7) is 0.758. The van der Waals surface area contributed by atoms with E-state index in [0.717, 1.165) is 0 Å². The van der Waals surface area contributed by atoms with Gasteiger partial charge in [0.2, 0.25) is 12.0 Å². The summed E-state index contributed by atoms with van der Waals surface area (Å²) < 4.78 is 32.7. The molecular weight excluding hydrogens is 460 g/mol. The Kier molecular flexibility index (Phi) is 8.92. The predicted molar refractivity (Wildman–Crippen MR) is 111 cm³/mol. The van der Waals surface area contributed by atoms with Crippen LogP contribution < -0.4 is 14.2 Å². The first-order valence-corrected chi connectivity index (χ1v) is 10.7. The molecule has 13 nitrogen and oxygen atoms in total. The Morgan fingerprint density at radius 2 is 1.32 bits per heavy atom. The van der Waals surface area contributed by atoms with Gasteiger partial charge in [0.15, 0.2) is 17.8 Å². The van der Waals surface area contributed by atoms with E-state index in [1.807, 2.05) is 0 Å². The zero-order chi connectivity index (χ0) is 25.2. The van der Waals surface area contributed by atoms with Gasteiger partial charge in [-0.15, -0.1) is 0 Å². The standard InChI is InChI=1S/C21H32O13/c1-8-13(23)15(25)17(27)20(32-8)31-7-12-14(24)16(26)18(28)21(33-12)34-19-10(29-2)4-9(6-22)5-11(19)30-3/h4-5,8,12-18,20-28H,6-7H2,1-3H3/t8-,12+,13-,14+,15+,16-,17+,18+,20-,21-/m0/s1. The Morgan fingerprint density at radius 1 is 0.765 bits per heavy atom. The minimum atomic E-state index is -1.69. The minimum absolute atomic E-state index is 0.0199. The number of methoxy groups -OCH3 is 2. The molecule has 7 N–H and O–H groups in total. The molecule has 3 rings (SSSR count). The van der Waals surface area contributed by atoms with Crippen LogP contribution in [-0.2, 0) is 20.8 Å². The number of rotatable bonds is 8. The molecule has 0 aromatic heterocycles. The Morgan fingerprint density at radius 3 is 1.88 bits per heavy atom. The van der Waals surface area contributed by atoms with Crippen LogP contribution in [0.3, 0.4) is 0 Å². The van der Waals surface area contributed by atoms with Crippen LogP contribution in [0, 0.1) is 0 Å². The summed E-state index contributed by atoms with van der Waals surface area (Å²) in [6.07, 6.45) is -14.3. The predicted octanol–water partition coefficient (Wildman–Crippen LogP) is -2.77. The molecule has 0 aliphatic carbocycles. The molecule has 2 saturated heterocycles. The normalized spacial score (nSPS) is 38.4. The second-order valence-corrected chi connectivity index (χ2v) is 8.13.